The van der Waals surface area contributed by atoms with Gasteiger partial charge in [-0.3, -0.25) is 4.79 Å². The molecule has 5 heteroatoms. The van der Waals surface area contributed by atoms with Crippen molar-refractivity contribution in [2.75, 3.05) is 5.32 Å². The van der Waals surface area contributed by atoms with E-state index >= 15 is 0 Å². The van der Waals surface area contributed by atoms with E-state index in [1.807, 2.05) is 38.1 Å². The van der Waals surface area contributed by atoms with E-state index in [0.717, 1.165) is 28.0 Å². The molecule has 0 saturated carbocycles. The molecule has 4 nitrogen and oxygen atoms in total. The maximum Gasteiger partial charge on any atom is 0.248 e. The average Bonchev–Trinajstić information content (AvgIpc) is 2.74. The van der Waals surface area contributed by atoms with E-state index in [9.17, 15) is 14.3 Å². The van der Waals surface area contributed by atoms with E-state index in [0.29, 0.717) is 5.69 Å². The molecule has 1 amide bonds. The van der Waals surface area contributed by atoms with Crippen LogP contribution in [0.15, 0.2) is 72.8 Å². The van der Waals surface area contributed by atoms with Gasteiger partial charge in [0.2, 0.25) is 5.91 Å². The number of phenols is 1. The summed E-state index contributed by atoms with van der Waals surface area (Å²) in [6.07, 6.45) is 7.14. The van der Waals surface area contributed by atoms with Crippen molar-refractivity contribution in [1.82, 2.24) is 0 Å². The van der Waals surface area contributed by atoms with Gasteiger partial charge in [0.15, 0.2) is 0 Å². The number of ether oxygens (including phenoxy) is 1. The van der Waals surface area contributed by atoms with Crippen molar-refractivity contribution in [3.63, 3.8) is 0 Å². The molecule has 3 aromatic carbocycles. The standard InChI is InChI=1S/C26H22FNO3/c1-26(2)14-13-19-15-17(3-12-24(30)28-21-8-10-22(29)11-9-21)16-23(25(19)31-26)18-4-6-20(27)7-5-18/h3-16,29H,1-2H3,(H,28,30)/b12-3+. The fraction of sp³-hybridized carbons (Fsp3) is 0.115. The molecule has 0 radical (unpaired) electrons. The van der Waals surface area contributed by atoms with Crippen molar-refractivity contribution in [3.8, 4) is 22.6 Å². The lowest BCUT2D eigenvalue weighted by Crippen LogP contribution is -2.27. The number of fused-ring (bicyclic) bond motifs is 1. The van der Waals surface area contributed by atoms with Crippen LogP contribution in [0.25, 0.3) is 23.3 Å². The highest BCUT2D eigenvalue weighted by atomic mass is 19.1. The van der Waals surface area contributed by atoms with Gasteiger partial charge in [0.25, 0.3) is 0 Å². The van der Waals surface area contributed by atoms with Crippen LogP contribution in [0.2, 0.25) is 0 Å². The molecule has 3 aromatic rings. The number of nitrogens with one attached hydrogen (secondary N) is 1. The largest absolute Gasteiger partial charge is 0.508 e. The maximum atomic E-state index is 13.4. The Balaban J connectivity index is 1.66. The quantitative estimate of drug-likeness (QED) is 0.404. The predicted molar refractivity (Wildman–Crippen MR) is 121 cm³/mol. The first-order chi connectivity index (χ1) is 14.8. The summed E-state index contributed by atoms with van der Waals surface area (Å²) in [5.41, 5.74) is 3.49. The second-order valence-electron chi connectivity index (χ2n) is 7.90. The van der Waals surface area contributed by atoms with Crippen LogP contribution in [0.1, 0.15) is 25.0 Å². The summed E-state index contributed by atoms with van der Waals surface area (Å²) in [7, 11) is 0. The van der Waals surface area contributed by atoms with Crippen LogP contribution in [0.3, 0.4) is 0 Å². The molecule has 4 rings (SSSR count). The first kappa shape index (κ1) is 20.4. The number of rotatable bonds is 4. The Hall–Kier alpha value is -3.86. The molecule has 156 valence electrons. The lowest BCUT2D eigenvalue weighted by atomic mass is 9.94. The molecular formula is C26H22FNO3. The van der Waals surface area contributed by atoms with E-state index in [1.165, 1.54) is 30.3 Å². The Bertz CT molecular complexity index is 1180. The molecule has 0 saturated heterocycles. The second kappa shape index (κ2) is 8.11. The molecule has 1 heterocycles. The number of hydrogen-bond donors (Lipinski definition) is 2. The van der Waals surface area contributed by atoms with Crippen molar-refractivity contribution in [2.45, 2.75) is 19.4 Å². The van der Waals surface area contributed by atoms with Gasteiger partial charge in [0.05, 0.1) is 0 Å². The van der Waals surface area contributed by atoms with Gasteiger partial charge in [-0.25, -0.2) is 4.39 Å². The van der Waals surface area contributed by atoms with Gasteiger partial charge in [-0.15, -0.1) is 0 Å². The fourth-order valence-corrected chi connectivity index (χ4v) is 3.34. The van der Waals surface area contributed by atoms with Gasteiger partial charge in [-0.2, -0.15) is 0 Å². The highest BCUT2D eigenvalue weighted by Crippen LogP contribution is 2.40. The first-order valence-electron chi connectivity index (χ1n) is 9.89. The molecule has 1 aliphatic heterocycles. The summed E-state index contributed by atoms with van der Waals surface area (Å²) < 4.78 is 19.6. The van der Waals surface area contributed by atoms with Gasteiger partial charge >= 0.3 is 0 Å². The predicted octanol–water partition coefficient (Wildman–Crippen LogP) is 6.03. The fourth-order valence-electron chi connectivity index (χ4n) is 3.34. The zero-order chi connectivity index (χ0) is 22.0. The third-order valence-electron chi connectivity index (χ3n) is 4.89. The number of carbonyl (C=O) groups is 1. The Morgan fingerprint density at radius 2 is 1.77 bits per heavy atom. The average molecular weight is 415 g/mol. The van der Waals surface area contributed by atoms with Crippen LogP contribution in [-0.4, -0.2) is 16.6 Å². The molecule has 0 atom stereocenters. The monoisotopic (exact) mass is 415 g/mol. The summed E-state index contributed by atoms with van der Waals surface area (Å²) >= 11 is 0. The van der Waals surface area contributed by atoms with Gasteiger partial charge in [0.1, 0.15) is 22.9 Å². The van der Waals surface area contributed by atoms with E-state index in [1.54, 1.807) is 30.3 Å². The van der Waals surface area contributed by atoms with E-state index in [2.05, 4.69) is 5.32 Å². The minimum absolute atomic E-state index is 0.134. The Morgan fingerprint density at radius 3 is 2.48 bits per heavy atom. The second-order valence-corrected chi connectivity index (χ2v) is 7.90. The molecule has 1 aliphatic rings. The van der Waals surface area contributed by atoms with Crippen molar-refractivity contribution in [3.05, 3.63) is 89.8 Å². The van der Waals surface area contributed by atoms with Gasteiger partial charge in [-0.05, 0) is 85.7 Å². The number of hydrogen-bond acceptors (Lipinski definition) is 3. The van der Waals surface area contributed by atoms with Gasteiger partial charge in [-0.1, -0.05) is 18.2 Å². The molecule has 2 N–H and O–H groups in total. The van der Waals surface area contributed by atoms with Crippen LogP contribution in [0.4, 0.5) is 10.1 Å². The normalized spacial score (nSPS) is 14.2. The molecule has 0 spiro atoms. The number of aromatic hydroxyl groups is 1. The molecular weight excluding hydrogens is 393 g/mol. The van der Waals surface area contributed by atoms with Gasteiger partial charge in [0, 0.05) is 22.9 Å². The number of halogens is 1. The van der Waals surface area contributed by atoms with E-state index in [-0.39, 0.29) is 17.5 Å². The van der Waals surface area contributed by atoms with Crippen molar-refractivity contribution in [2.24, 2.45) is 0 Å². The lowest BCUT2D eigenvalue weighted by molar-refractivity contribution is -0.111. The topological polar surface area (TPSA) is 58.6 Å². The van der Waals surface area contributed by atoms with Crippen LogP contribution >= 0.6 is 0 Å². The minimum atomic E-state index is -0.455. The van der Waals surface area contributed by atoms with Crippen LogP contribution in [0, 0.1) is 5.82 Å². The summed E-state index contributed by atoms with van der Waals surface area (Å²) in [5.74, 6) is 0.263. The lowest BCUT2D eigenvalue weighted by Gasteiger charge is -2.30. The van der Waals surface area contributed by atoms with Crippen LogP contribution in [-0.2, 0) is 4.79 Å². The molecule has 0 aromatic heterocycles. The Labute approximate surface area is 180 Å². The summed E-state index contributed by atoms with van der Waals surface area (Å²) in [5, 5.41) is 12.1. The number of anilines is 1. The first-order valence-corrected chi connectivity index (χ1v) is 9.89. The highest BCUT2D eigenvalue weighted by Gasteiger charge is 2.25. The molecule has 0 fully saturated rings. The third kappa shape index (κ3) is 4.83. The summed E-state index contributed by atoms with van der Waals surface area (Å²) in [6.45, 7) is 3.95. The maximum absolute atomic E-state index is 13.4. The molecule has 0 unspecified atom stereocenters. The number of amides is 1. The van der Waals surface area contributed by atoms with E-state index < -0.39 is 5.60 Å². The van der Waals surface area contributed by atoms with Crippen molar-refractivity contribution in [1.29, 1.82) is 0 Å². The minimum Gasteiger partial charge on any atom is -0.508 e. The molecule has 0 aliphatic carbocycles. The van der Waals surface area contributed by atoms with Crippen LogP contribution in [0.5, 0.6) is 11.5 Å². The molecule has 31 heavy (non-hydrogen) atoms. The third-order valence-corrected chi connectivity index (χ3v) is 4.89. The number of carbonyl (C=O) groups excluding carboxylic acids is 1. The van der Waals surface area contributed by atoms with Gasteiger partial charge < -0.3 is 15.2 Å². The van der Waals surface area contributed by atoms with Crippen LogP contribution < -0.4 is 10.1 Å². The zero-order valence-electron chi connectivity index (χ0n) is 17.2. The van der Waals surface area contributed by atoms with Crippen molar-refractivity contribution >= 4 is 23.7 Å². The van der Waals surface area contributed by atoms with Crippen molar-refractivity contribution < 1.29 is 19.0 Å². The SMILES string of the molecule is CC1(C)C=Cc2cc(/C=C/C(=O)Nc3ccc(O)cc3)cc(-c3ccc(F)cc3)c2O1. The zero-order valence-corrected chi connectivity index (χ0v) is 17.2. The smallest absolute Gasteiger partial charge is 0.248 e. The van der Waals surface area contributed by atoms with E-state index in [4.69, 9.17) is 4.74 Å². The molecule has 0 bridgehead atoms. The summed E-state index contributed by atoms with van der Waals surface area (Å²) in [6, 6.07) is 16.4. The Kier molecular flexibility index (Phi) is 5.34. The Morgan fingerprint density at radius 1 is 1.06 bits per heavy atom. The number of phenolic OH excluding ortho intramolecular Hbond substituents is 1. The highest BCUT2D eigenvalue weighted by molar-refractivity contribution is 6.02. The number of benzene rings is 3. The summed E-state index contributed by atoms with van der Waals surface area (Å²) in [4.78, 5) is 12.3.